The van der Waals surface area contributed by atoms with Crippen LogP contribution in [0.15, 0.2) is 36.5 Å². The van der Waals surface area contributed by atoms with Gasteiger partial charge in [-0.1, -0.05) is 44.5 Å². The number of hydrogen-bond donors (Lipinski definition) is 1. The van der Waals surface area contributed by atoms with E-state index < -0.39 is 10.0 Å². The van der Waals surface area contributed by atoms with Crippen LogP contribution in [0.5, 0.6) is 0 Å². The molecule has 4 nitrogen and oxygen atoms in total. The number of hydrogen-bond acceptors (Lipinski definition) is 2. The van der Waals surface area contributed by atoms with Crippen molar-refractivity contribution >= 4 is 26.5 Å². The van der Waals surface area contributed by atoms with E-state index in [9.17, 15) is 8.42 Å². The lowest BCUT2D eigenvalue weighted by Gasteiger charge is -2.27. The third-order valence-corrected chi connectivity index (χ3v) is 6.80. The molecule has 0 aliphatic carbocycles. The first-order chi connectivity index (χ1) is 11.0. The van der Waals surface area contributed by atoms with Crippen molar-refractivity contribution in [2.75, 3.05) is 18.8 Å². The number of benzene rings is 1. The van der Waals surface area contributed by atoms with Crippen molar-refractivity contribution in [3.63, 3.8) is 0 Å². The molecule has 0 saturated carbocycles. The first-order valence-corrected chi connectivity index (χ1v) is 9.85. The van der Waals surface area contributed by atoms with Crippen molar-refractivity contribution in [3.05, 3.63) is 42.1 Å². The van der Waals surface area contributed by atoms with E-state index in [0.29, 0.717) is 13.1 Å². The van der Waals surface area contributed by atoms with E-state index in [1.54, 1.807) is 4.31 Å². The third kappa shape index (κ3) is 3.35. The molecule has 0 fully saturated rings. The summed E-state index contributed by atoms with van der Waals surface area (Å²) in [7, 11) is -3.15. The van der Waals surface area contributed by atoms with Crippen LogP contribution in [-0.2, 0) is 10.0 Å². The van der Waals surface area contributed by atoms with Crippen LogP contribution < -0.4 is 0 Å². The van der Waals surface area contributed by atoms with Gasteiger partial charge in [0.25, 0.3) is 0 Å². The molecule has 3 rings (SSSR count). The largest absolute Gasteiger partial charge is 0.361 e. The number of sulfonamides is 1. The summed E-state index contributed by atoms with van der Waals surface area (Å²) in [5.74, 6) is 0.457. The van der Waals surface area contributed by atoms with Gasteiger partial charge in [0.2, 0.25) is 10.0 Å². The SMILES string of the molecule is CC[C@H](C)CS(=O)(=O)N1CC=C(c2c[nH]c3ccccc23)CC1. The summed E-state index contributed by atoms with van der Waals surface area (Å²) in [6, 6.07) is 8.21. The molecular weight excluding hydrogens is 308 g/mol. The zero-order chi connectivity index (χ0) is 16.4. The molecule has 0 radical (unpaired) electrons. The normalized spacial score (nSPS) is 18.1. The highest BCUT2D eigenvalue weighted by Crippen LogP contribution is 2.30. The average molecular weight is 332 g/mol. The van der Waals surface area contributed by atoms with Gasteiger partial charge in [-0.3, -0.25) is 0 Å². The van der Waals surface area contributed by atoms with Crippen molar-refractivity contribution in [2.24, 2.45) is 5.92 Å². The fourth-order valence-electron chi connectivity index (χ4n) is 3.07. The minimum absolute atomic E-state index is 0.207. The first-order valence-electron chi connectivity index (χ1n) is 8.24. The van der Waals surface area contributed by atoms with E-state index >= 15 is 0 Å². The molecule has 1 aromatic heterocycles. The lowest BCUT2D eigenvalue weighted by Crippen LogP contribution is -2.37. The van der Waals surface area contributed by atoms with Gasteiger partial charge in [0.15, 0.2) is 0 Å². The predicted molar refractivity (Wildman–Crippen MR) is 95.7 cm³/mol. The summed E-state index contributed by atoms with van der Waals surface area (Å²) in [5, 5.41) is 1.20. The van der Waals surface area contributed by atoms with Gasteiger partial charge in [-0.25, -0.2) is 8.42 Å². The van der Waals surface area contributed by atoms with Crippen LogP contribution in [0.4, 0.5) is 0 Å². The molecule has 0 unspecified atom stereocenters. The maximum absolute atomic E-state index is 12.5. The van der Waals surface area contributed by atoms with Gasteiger partial charge < -0.3 is 4.98 Å². The summed E-state index contributed by atoms with van der Waals surface area (Å²) < 4.78 is 26.5. The Kier molecular flexibility index (Phi) is 4.60. The highest BCUT2D eigenvalue weighted by molar-refractivity contribution is 7.89. The Hall–Kier alpha value is -1.59. The van der Waals surface area contributed by atoms with E-state index in [-0.39, 0.29) is 11.7 Å². The molecule has 1 aliphatic rings. The molecule has 124 valence electrons. The Morgan fingerprint density at radius 1 is 1.30 bits per heavy atom. The van der Waals surface area contributed by atoms with Crippen LogP contribution in [0.3, 0.4) is 0 Å². The second kappa shape index (κ2) is 6.49. The standard InChI is InChI=1S/C18H24N2O2S/c1-3-14(2)13-23(21,22)20-10-8-15(9-11-20)17-12-19-18-7-5-4-6-16(17)18/h4-8,12,14,19H,3,9-11,13H2,1-2H3/t14-/m0/s1. The Labute approximate surface area is 138 Å². The molecule has 0 amide bonds. The third-order valence-electron chi connectivity index (χ3n) is 4.69. The first kappa shape index (κ1) is 16.3. The molecule has 0 bridgehead atoms. The maximum atomic E-state index is 12.5. The lowest BCUT2D eigenvalue weighted by molar-refractivity contribution is 0.432. The van der Waals surface area contributed by atoms with Gasteiger partial charge >= 0.3 is 0 Å². The topological polar surface area (TPSA) is 53.2 Å². The lowest BCUT2D eigenvalue weighted by atomic mass is 10.00. The summed E-state index contributed by atoms with van der Waals surface area (Å²) in [5.41, 5.74) is 3.55. The second-order valence-electron chi connectivity index (χ2n) is 6.38. The molecule has 1 N–H and O–H groups in total. The monoisotopic (exact) mass is 332 g/mol. The Bertz CT molecular complexity index is 820. The second-order valence-corrected chi connectivity index (χ2v) is 8.39. The van der Waals surface area contributed by atoms with Crippen LogP contribution >= 0.6 is 0 Å². The number of nitrogens with zero attached hydrogens (tertiary/aromatic N) is 1. The molecule has 5 heteroatoms. The number of para-hydroxylation sites is 1. The van der Waals surface area contributed by atoms with E-state index in [0.717, 1.165) is 18.4 Å². The van der Waals surface area contributed by atoms with Crippen molar-refractivity contribution < 1.29 is 8.42 Å². The highest BCUT2D eigenvalue weighted by Gasteiger charge is 2.26. The van der Waals surface area contributed by atoms with Crippen LogP contribution in [0, 0.1) is 5.92 Å². The molecule has 1 atom stereocenters. The van der Waals surface area contributed by atoms with Gasteiger partial charge in [-0.2, -0.15) is 4.31 Å². The van der Waals surface area contributed by atoms with Crippen LogP contribution in [0.2, 0.25) is 0 Å². The van der Waals surface area contributed by atoms with Crippen molar-refractivity contribution in [1.82, 2.24) is 9.29 Å². The summed E-state index contributed by atoms with van der Waals surface area (Å²) >= 11 is 0. The number of fused-ring (bicyclic) bond motifs is 1. The molecule has 0 spiro atoms. The minimum Gasteiger partial charge on any atom is -0.361 e. The van der Waals surface area contributed by atoms with Crippen molar-refractivity contribution in [2.45, 2.75) is 26.7 Å². The van der Waals surface area contributed by atoms with Crippen molar-refractivity contribution in [1.29, 1.82) is 0 Å². The molecular formula is C18H24N2O2S. The fraction of sp³-hybridized carbons (Fsp3) is 0.444. The predicted octanol–water partition coefficient (Wildman–Crippen LogP) is 3.63. The Morgan fingerprint density at radius 3 is 2.78 bits per heavy atom. The van der Waals surface area contributed by atoms with Gasteiger partial charge in [-0.15, -0.1) is 0 Å². The van der Waals surface area contributed by atoms with Crippen LogP contribution in [0.25, 0.3) is 16.5 Å². The van der Waals surface area contributed by atoms with E-state index in [2.05, 4.69) is 23.2 Å². The number of aromatic amines is 1. The van der Waals surface area contributed by atoms with Gasteiger partial charge in [0.05, 0.1) is 5.75 Å². The van der Waals surface area contributed by atoms with E-state index in [4.69, 9.17) is 0 Å². The van der Waals surface area contributed by atoms with Gasteiger partial charge in [-0.05, 0) is 24.0 Å². The molecule has 1 aromatic carbocycles. The molecule has 23 heavy (non-hydrogen) atoms. The smallest absolute Gasteiger partial charge is 0.214 e. The Balaban J connectivity index is 1.79. The van der Waals surface area contributed by atoms with E-state index in [1.807, 2.05) is 32.2 Å². The Morgan fingerprint density at radius 2 is 2.09 bits per heavy atom. The highest BCUT2D eigenvalue weighted by atomic mass is 32.2. The van der Waals surface area contributed by atoms with E-state index in [1.165, 1.54) is 16.5 Å². The van der Waals surface area contributed by atoms with Gasteiger partial charge in [0, 0.05) is 35.8 Å². The summed E-state index contributed by atoms with van der Waals surface area (Å²) in [6.07, 6.45) is 5.75. The van der Waals surface area contributed by atoms with Gasteiger partial charge in [0.1, 0.15) is 0 Å². The number of aromatic nitrogens is 1. The summed E-state index contributed by atoms with van der Waals surface area (Å²) in [4.78, 5) is 3.29. The molecule has 2 heterocycles. The zero-order valence-electron chi connectivity index (χ0n) is 13.7. The minimum atomic E-state index is -3.15. The van der Waals surface area contributed by atoms with Crippen molar-refractivity contribution in [3.8, 4) is 0 Å². The number of rotatable bonds is 5. The number of nitrogens with one attached hydrogen (secondary N) is 1. The number of H-pyrrole nitrogens is 1. The van der Waals surface area contributed by atoms with Crippen LogP contribution in [-0.4, -0.2) is 36.5 Å². The summed E-state index contributed by atoms with van der Waals surface area (Å²) in [6.45, 7) is 5.08. The average Bonchev–Trinajstić information content (AvgIpc) is 2.98. The zero-order valence-corrected chi connectivity index (χ0v) is 14.6. The maximum Gasteiger partial charge on any atom is 0.214 e. The molecule has 2 aromatic rings. The van der Waals surface area contributed by atoms with Crippen LogP contribution in [0.1, 0.15) is 32.3 Å². The quantitative estimate of drug-likeness (QED) is 0.909. The molecule has 1 aliphatic heterocycles. The fourth-order valence-corrected chi connectivity index (χ4v) is 4.90. The molecule has 0 saturated heterocycles.